The van der Waals surface area contributed by atoms with Crippen LogP contribution in [0.4, 0.5) is 11.4 Å². The van der Waals surface area contributed by atoms with Gasteiger partial charge in [-0.25, -0.2) is 0 Å². The van der Waals surface area contributed by atoms with Crippen LogP contribution in [-0.2, 0) is 5.41 Å². The summed E-state index contributed by atoms with van der Waals surface area (Å²) >= 11 is 0. The van der Waals surface area contributed by atoms with E-state index >= 15 is 0 Å². The third-order valence-electron chi connectivity index (χ3n) is 3.55. The molecule has 0 heterocycles. The van der Waals surface area contributed by atoms with Crippen LogP contribution in [0.15, 0.2) is 42.5 Å². The van der Waals surface area contributed by atoms with Gasteiger partial charge in [0.15, 0.2) is 0 Å². The molecule has 1 amide bonds. The van der Waals surface area contributed by atoms with Gasteiger partial charge in [-0.05, 0) is 47.7 Å². The van der Waals surface area contributed by atoms with Crippen molar-refractivity contribution in [3.63, 3.8) is 0 Å². The highest BCUT2D eigenvalue weighted by Gasteiger charge is 2.13. The lowest BCUT2D eigenvalue weighted by atomic mass is 9.87. The molecule has 0 unspecified atom stereocenters. The molecule has 0 radical (unpaired) electrons. The van der Waals surface area contributed by atoms with E-state index < -0.39 is 0 Å². The van der Waals surface area contributed by atoms with Crippen LogP contribution >= 0.6 is 0 Å². The van der Waals surface area contributed by atoms with Crippen molar-refractivity contribution in [3.8, 4) is 0 Å². The molecule has 3 heteroatoms. The van der Waals surface area contributed by atoms with Gasteiger partial charge in [0.25, 0.3) is 5.91 Å². The molecule has 2 rings (SSSR count). The van der Waals surface area contributed by atoms with Gasteiger partial charge >= 0.3 is 0 Å². The summed E-state index contributed by atoms with van der Waals surface area (Å²) in [6, 6.07) is 13.3. The first kappa shape index (κ1) is 15.1. The molecule has 110 valence electrons. The van der Waals surface area contributed by atoms with E-state index in [1.54, 1.807) is 12.1 Å². The van der Waals surface area contributed by atoms with Gasteiger partial charge < -0.3 is 11.1 Å². The first-order valence-corrected chi connectivity index (χ1v) is 7.05. The highest BCUT2D eigenvalue weighted by Crippen LogP contribution is 2.23. The number of carbonyl (C=O) groups excluding carboxylic acids is 1. The molecule has 0 saturated carbocycles. The number of anilines is 2. The molecular weight excluding hydrogens is 260 g/mol. The Morgan fingerprint density at radius 1 is 1.05 bits per heavy atom. The van der Waals surface area contributed by atoms with Crippen LogP contribution in [0.2, 0.25) is 0 Å². The van der Waals surface area contributed by atoms with Crippen LogP contribution in [0.1, 0.15) is 42.3 Å². The minimum absolute atomic E-state index is 0.105. The van der Waals surface area contributed by atoms with Gasteiger partial charge in [0, 0.05) is 16.9 Å². The standard InChI is InChI=1S/C18H22N2O/c1-12-5-6-13(11-16(12)19)17(21)20-15-9-7-14(8-10-15)18(2,3)4/h5-11H,19H2,1-4H3,(H,20,21). The lowest BCUT2D eigenvalue weighted by Crippen LogP contribution is -2.14. The molecule has 21 heavy (non-hydrogen) atoms. The Morgan fingerprint density at radius 2 is 1.67 bits per heavy atom. The molecule has 0 aliphatic heterocycles. The quantitative estimate of drug-likeness (QED) is 0.814. The second-order valence-electron chi connectivity index (χ2n) is 6.35. The molecule has 3 nitrogen and oxygen atoms in total. The third kappa shape index (κ3) is 3.63. The Kier molecular flexibility index (Phi) is 4.03. The maximum absolute atomic E-state index is 12.2. The van der Waals surface area contributed by atoms with E-state index in [4.69, 9.17) is 5.73 Å². The SMILES string of the molecule is Cc1ccc(C(=O)Nc2ccc(C(C)(C)C)cc2)cc1N. The number of nitrogens with one attached hydrogen (secondary N) is 1. The molecule has 2 aromatic rings. The number of nitrogens with two attached hydrogens (primary N) is 1. The average molecular weight is 282 g/mol. The van der Waals surface area contributed by atoms with E-state index in [0.717, 1.165) is 11.3 Å². The fourth-order valence-corrected chi connectivity index (χ4v) is 2.04. The van der Waals surface area contributed by atoms with E-state index in [2.05, 4.69) is 26.1 Å². The summed E-state index contributed by atoms with van der Waals surface area (Å²) in [5.41, 5.74) is 10.1. The van der Waals surface area contributed by atoms with E-state index in [-0.39, 0.29) is 11.3 Å². The van der Waals surface area contributed by atoms with Gasteiger partial charge in [-0.15, -0.1) is 0 Å². The number of aryl methyl sites for hydroxylation is 1. The summed E-state index contributed by atoms with van der Waals surface area (Å²) in [6.45, 7) is 8.41. The van der Waals surface area contributed by atoms with Crippen molar-refractivity contribution in [1.29, 1.82) is 0 Å². The van der Waals surface area contributed by atoms with E-state index in [0.29, 0.717) is 11.3 Å². The normalized spacial score (nSPS) is 11.2. The number of carbonyl (C=O) groups is 1. The van der Waals surface area contributed by atoms with Crippen molar-refractivity contribution >= 4 is 17.3 Å². The summed E-state index contributed by atoms with van der Waals surface area (Å²) in [5, 5.41) is 2.89. The van der Waals surface area contributed by atoms with Crippen LogP contribution in [0.3, 0.4) is 0 Å². The molecule has 2 aromatic carbocycles. The number of hydrogen-bond donors (Lipinski definition) is 2. The van der Waals surface area contributed by atoms with Crippen molar-refractivity contribution in [3.05, 3.63) is 59.2 Å². The highest BCUT2D eigenvalue weighted by molar-refractivity contribution is 6.04. The topological polar surface area (TPSA) is 55.1 Å². The van der Waals surface area contributed by atoms with Crippen molar-refractivity contribution < 1.29 is 4.79 Å². The van der Waals surface area contributed by atoms with Gasteiger partial charge in [0.2, 0.25) is 0 Å². The molecule has 0 saturated heterocycles. The summed E-state index contributed by atoms with van der Waals surface area (Å²) in [4.78, 5) is 12.2. The molecule has 0 bridgehead atoms. The molecule has 0 aromatic heterocycles. The first-order chi connectivity index (χ1) is 9.77. The molecular formula is C18H22N2O. The average Bonchev–Trinajstić information content (AvgIpc) is 2.41. The summed E-state index contributed by atoms with van der Waals surface area (Å²) < 4.78 is 0. The Morgan fingerprint density at radius 3 is 2.19 bits per heavy atom. The first-order valence-electron chi connectivity index (χ1n) is 7.05. The third-order valence-corrected chi connectivity index (χ3v) is 3.55. The Hall–Kier alpha value is -2.29. The van der Waals surface area contributed by atoms with Gasteiger partial charge in [0.05, 0.1) is 0 Å². The maximum Gasteiger partial charge on any atom is 0.255 e. The zero-order valence-electron chi connectivity index (χ0n) is 13.0. The fourth-order valence-electron chi connectivity index (χ4n) is 2.04. The van der Waals surface area contributed by atoms with Gasteiger partial charge in [-0.3, -0.25) is 4.79 Å². The fraction of sp³-hybridized carbons (Fsp3) is 0.278. The minimum Gasteiger partial charge on any atom is -0.398 e. The Labute approximate surface area is 126 Å². The van der Waals surface area contributed by atoms with Gasteiger partial charge in [0.1, 0.15) is 0 Å². The molecule has 0 spiro atoms. The Balaban J connectivity index is 2.14. The Bertz CT molecular complexity index is 652. The molecule has 3 N–H and O–H groups in total. The van der Waals surface area contributed by atoms with Crippen molar-refractivity contribution in [2.24, 2.45) is 0 Å². The summed E-state index contributed by atoms with van der Waals surface area (Å²) in [5.74, 6) is -0.148. The monoisotopic (exact) mass is 282 g/mol. The second kappa shape index (κ2) is 5.60. The zero-order chi connectivity index (χ0) is 15.6. The second-order valence-corrected chi connectivity index (χ2v) is 6.35. The number of benzene rings is 2. The van der Waals surface area contributed by atoms with Gasteiger partial charge in [-0.1, -0.05) is 39.0 Å². The van der Waals surface area contributed by atoms with Crippen LogP contribution in [0.5, 0.6) is 0 Å². The lowest BCUT2D eigenvalue weighted by molar-refractivity contribution is 0.102. The van der Waals surface area contributed by atoms with Crippen LogP contribution < -0.4 is 11.1 Å². The largest absolute Gasteiger partial charge is 0.398 e. The number of rotatable bonds is 2. The molecule has 0 aliphatic carbocycles. The van der Waals surface area contributed by atoms with Crippen LogP contribution in [0, 0.1) is 6.92 Å². The summed E-state index contributed by atoms with van der Waals surface area (Å²) in [6.07, 6.45) is 0. The number of hydrogen-bond acceptors (Lipinski definition) is 2. The van der Waals surface area contributed by atoms with Crippen molar-refractivity contribution in [2.75, 3.05) is 11.1 Å². The highest BCUT2D eigenvalue weighted by atomic mass is 16.1. The minimum atomic E-state index is -0.148. The molecule has 0 fully saturated rings. The van der Waals surface area contributed by atoms with E-state index in [1.807, 2.05) is 37.3 Å². The van der Waals surface area contributed by atoms with Gasteiger partial charge in [-0.2, -0.15) is 0 Å². The smallest absolute Gasteiger partial charge is 0.255 e. The number of nitrogen functional groups attached to an aromatic ring is 1. The lowest BCUT2D eigenvalue weighted by Gasteiger charge is -2.19. The van der Waals surface area contributed by atoms with Crippen molar-refractivity contribution in [2.45, 2.75) is 33.1 Å². The molecule has 0 atom stereocenters. The van der Waals surface area contributed by atoms with E-state index in [1.165, 1.54) is 5.56 Å². The van der Waals surface area contributed by atoms with Crippen LogP contribution in [-0.4, -0.2) is 5.91 Å². The van der Waals surface area contributed by atoms with Crippen molar-refractivity contribution in [1.82, 2.24) is 0 Å². The summed E-state index contributed by atoms with van der Waals surface area (Å²) in [7, 11) is 0. The van der Waals surface area contributed by atoms with E-state index in [9.17, 15) is 4.79 Å². The predicted octanol–water partition coefficient (Wildman–Crippen LogP) is 4.13. The van der Waals surface area contributed by atoms with Crippen LogP contribution in [0.25, 0.3) is 0 Å². The maximum atomic E-state index is 12.2. The molecule has 0 aliphatic rings. The zero-order valence-corrected chi connectivity index (χ0v) is 13.0. The predicted molar refractivity (Wildman–Crippen MR) is 88.7 cm³/mol. The number of amides is 1.